The van der Waals surface area contributed by atoms with Crippen LogP contribution < -0.4 is 10.1 Å². The number of carbonyl (C=O) groups is 3. The zero-order chi connectivity index (χ0) is 20.9. The molecule has 1 aliphatic rings. The number of methoxy groups -OCH3 is 1. The topological polar surface area (TPSA) is 94.2 Å². The van der Waals surface area contributed by atoms with Gasteiger partial charge in [-0.25, -0.2) is 9.59 Å². The molecule has 1 unspecified atom stereocenters. The number of nitrogens with zero attached hydrogens (tertiary/aromatic N) is 1. The van der Waals surface area contributed by atoms with E-state index in [0.717, 1.165) is 6.42 Å². The van der Waals surface area contributed by atoms with Gasteiger partial charge < -0.3 is 19.1 Å². The molecule has 1 aromatic rings. The highest BCUT2D eigenvalue weighted by atomic mass is 35.5. The molecule has 1 saturated heterocycles. The van der Waals surface area contributed by atoms with Crippen LogP contribution in [0.4, 0.5) is 15.3 Å². The lowest BCUT2D eigenvalue weighted by Gasteiger charge is -2.24. The van der Waals surface area contributed by atoms with Crippen LogP contribution in [0.2, 0.25) is 5.02 Å². The van der Waals surface area contributed by atoms with Gasteiger partial charge >= 0.3 is 12.2 Å². The summed E-state index contributed by atoms with van der Waals surface area (Å²) in [6.07, 6.45) is 0.283. The maximum Gasteiger partial charge on any atom is 0.411 e. The van der Waals surface area contributed by atoms with Crippen LogP contribution in [0.5, 0.6) is 5.75 Å². The van der Waals surface area contributed by atoms with E-state index in [9.17, 15) is 14.4 Å². The van der Waals surface area contributed by atoms with Crippen LogP contribution in [0.25, 0.3) is 0 Å². The van der Waals surface area contributed by atoms with E-state index in [1.165, 1.54) is 19.2 Å². The van der Waals surface area contributed by atoms with Crippen LogP contribution in [0.1, 0.15) is 37.6 Å². The lowest BCUT2D eigenvalue weighted by Crippen LogP contribution is -2.35. The van der Waals surface area contributed by atoms with E-state index in [1.807, 2.05) is 20.8 Å². The zero-order valence-corrected chi connectivity index (χ0v) is 17.2. The van der Waals surface area contributed by atoms with Crippen LogP contribution >= 0.6 is 11.6 Å². The minimum atomic E-state index is -0.682. The van der Waals surface area contributed by atoms with Gasteiger partial charge in [0.15, 0.2) is 6.29 Å². The molecule has 2 amide bonds. The Labute approximate surface area is 169 Å². The Morgan fingerprint density at radius 2 is 2.07 bits per heavy atom. The third kappa shape index (κ3) is 6.02. The Balaban J connectivity index is 1.85. The number of hydrogen-bond donors (Lipinski definition) is 1. The number of amides is 2. The van der Waals surface area contributed by atoms with E-state index in [0.29, 0.717) is 25.1 Å². The zero-order valence-electron chi connectivity index (χ0n) is 16.4. The van der Waals surface area contributed by atoms with Crippen molar-refractivity contribution >= 4 is 35.8 Å². The Morgan fingerprint density at radius 3 is 2.68 bits per heavy atom. The van der Waals surface area contributed by atoms with Crippen LogP contribution in [0, 0.1) is 5.92 Å². The maximum absolute atomic E-state index is 12.1. The van der Waals surface area contributed by atoms with Crippen LogP contribution in [0.3, 0.4) is 0 Å². The molecule has 1 aliphatic heterocycles. The second kappa shape index (κ2) is 9.14. The molecule has 0 radical (unpaired) electrons. The Kier molecular flexibility index (Phi) is 7.12. The van der Waals surface area contributed by atoms with Gasteiger partial charge in [-0.2, -0.15) is 0 Å². The fraction of sp³-hybridized carbons (Fsp3) is 0.526. The summed E-state index contributed by atoms with van der Waals surface area (Å²) in [6.45, 7) is 6.62. The standard InChI is InChI=1S/C19H25ClN2O6/c1-19(2,3)28-18(25)22-6-5-12(9-22)11-27-17(24)21-15-8-16(26-4)13(10-23)7-14(15)20/h7-8,10,12H,5-6,9,11H2,1-4H3,(H,21,24). The molecule has 1 atom stereocenters. The third-order valence-corrected chi connectivity index (χ3v) is 4.38. The molecule has 0 bridgehead atoms. The number of halogens is 1. The molecule has 1 fully saturated rings. The molecule has 0 saturated carbocycles. The number of ether oxygens (including phenoxy) is 3. The van der Waals surface area contributed by atoms with Crippen LogP contribution in [-0.4, -0.2) is 55.8 Å². The van der Waals surface area contributed by atoms with Gasteiger partial charge in [0.05, 0.1) is 30.0 Å². The minimum absolute atomic E-state index is 0.0284. The lowest BCUT2D eigenvalue weighted by atomic mass is 10.1. The normalized spacial score (nSPS) is 16.5. The minimum Gasteiger partial charge on any atom is -0.496 e. The number of anilines is 1. The van der Waals surface area contributed by atoms with Gasteiger partial charge in [0.1, 0.15) is 11.4 Å². The summed E-state index contributed by atoms with van der Waals surface area (Å²) in [4.78, 5) is 36.7. The van der Waals surface area contributed by atoms with Crippen molar-refractivity contribution in [1.82, 2.24) is 4.90 Å². The summed E-state index contributed by atoms with van der Waals surface area (Å²) in [7, 11) is 1.41. The predicted octanol–water partition coefficient (Wildman–Crippen LogP) is 3.97. The highest BCUT2D eigenvalue weighted by Gasteiger charge is 2.30. The number of carbonyl (C=O) groups excluding carboxylic acids is 3. The van der Waals surface area contributed by atoms with E-state index < -0.39 is 11.7 Å². The van der Waals surface area contributed by atoms with Gasteiger partial charge in [0.2, 0.25) is 0 Å². The summed E-state index contributed by atoms with van der Waals surface area (Å²) in [5.74, 6) is 0.319. The highest BCUT2D eigenvalue weighted by Crippen LogP contribution is 2.30. The highest BCUT2D eigenvalue weighted by molar-refractivity contribution is 6.34. The van der Waals surface area contributed by atoms with Gasteiger partial charge in [0.25, 0.3) is 0 Å². The SMILES string of the molecule is COc1cc(NC(=O)OCC2CCN(C(=O)OC(C)(C)C)C2)c(Cl)cc1C=O. The molecule has 9 heteroatoms. The van der Waals surface area contributed by atoms with Crippen LogP contribution in [-0.2, 0) is 9.47 Å². The Morgan fingerprint density at radius 1 is 1.36 bits per heavy atom. The number of aldehydes is 1. The Bertz CT molecular complexity index is 747. The first kappa shape index (κ1) is 21.8. The first-order valence-corrected chi connectivity index (χ1v) is 9.25. The monoisotopic (exact) mass is 412 g/mol. The largest absolute Gasteiger partial charge is 0.496 e. The fourth-order valence-corrected chi connectivity index (χ4v) is 2.95. The first-order chi connectivity index (χ1) is 13.1. The second-order valence-electron chi connectivity index (χ2n) is 7.50. The van der Waals surface area contributed by atoms with E-state index >= 15 is 0 Å². The van der Waals surface area contributed by atoms with Crippen molar-refractivity contribution in [2.45, 2.75) is 32.8 Å². The third-order valence-electron chi connectivity index (χ3n) is 4.07. The Hall–Kier alpha value is -2.48. The van der Waals surface area contributed by atoms with Gasteiger partial charge in [-0.1, -0.05) is 11.6 Å². The summed E-state index contributed by atoms with van der Waals surface area (Å²) in [5, 5.41) is 2.72. The number of nitrogens with one attached hydrogen (secondary N) is 1. The summed E-state index contributed by atoms with van der Waals surface area (Å²) in [6, 6.07) is 2.85. The average Bonchev–Trinajstić information content (AvgIpc) is 3.09. The molecule has 154 valence electrons. The molecule has 0 spiro atoms. The van der Waals surface area contributed by atoms with Crippen LogP contribution in [0.15, 0.2) is 12.1 Å². The molecule has 8 nitrogen and oxygen atoms in total. The lowest BCUT2D eigenvalue weighted by molar-refractivity contribution is 0.0283. The number of rotatable bonds is 5. The smallest absolute Gasteiger partial charge is 0.411 e. The number of likely N-dealkylation sites (tertiary alicyclic amines) is 1. The quantitative estimate of drug-likeness (QED) is 0.735. The number of hydrogen-bond acceptors (Lipinski definition) is 6. The van der Waals surface area contributed by atoms with Crippen molar-refractivity contribution in [2.75, 3.05) is 32.1 Å². The van der Waals surface area contributed by atoms with Crippen molar-refractivity contribution in [1.29, 1.82) is 0 Å². The summed E-state index contributed by atoms with van der Waals surface area (Å²) in [5.41, 5.74) is 0.00109. The maximum atomic E-state index is 12.1. The molecule has 28 heavy (non-hydrogen) atoms. The van der Waals surface area contributed by atoms with Crippen molar-refractivity contribution in [3.63, 3.8) is 0 Å². The van der Waals surface area contributed by atoms with Gasteiger partial charge in [0, 0.05) is 25.1 Å². The van der Waals surface area contributed by atoms with Gasteiger partial charge in [-0.05, 0) is 33.3 Å². The van der Waals surface area contributed by atoms with E-state index in [-0.39, 0.29) is 34.9 Å². The molecular weight excluding hydrogens is 388 g/mol. The van der Waals surface area contributed by atoms with E-state index in [4.69, 9.17) is 25.8 Å². The van der Waals surface area contributed by atoms with Crippen molar-refractivity contribution < 1.29 is 28.6 Å². The molecule has 2 rings (SSSR count). The molecule has 0 aliphatic carbocycles. The predicted molar refractivity (Wildman–Crippen MR) is 104 cm³/mol. The number of benzene rings is 1. The molecule has 1 N–H and O–H groups in total. The van der Waals surface area contributed by atoms with Crippen molar-refractivity contribution in [3.8, 4) is 5.75 Å². The average molecular weight is 413 g/mol. The van der Waals surface area contributed by atoms with Gasteiger partial charge in [-0.3, -0.25) is 10.1 Å². The van der Waals surface area contributed by atoms with Crippen molar-refractivity contribution in [2.24, 2.45) is 5.92 Å². The summed E-state index contributed by atoms with van der Waals surface area (Å²) >= 11 is 6.07. The molecule has 0 aromatic heterocycles. The molecular formula is C19H25ClN2O6. The molecule has 1 aromatic carbocycles. The second-order valence-corrected chi connectivity index (χ2v) is 7.90. The van der Waals surface area contributed by atoms with E-state index in [1.54, 1.807) is 4.90 Å². The molecule has 1 heterocycles. The van der Waals surface area contributed by atoms with E-state index in [2.05, 4.69) is 5.32 Å². The first-order valence-electron chi connectivity index (χ1n) is 8.87. The van der Waals surface area contributed by atoms with Gasteiger partial charge in [-0.15, -0.1) is 0 Å². The fourth-order valence-electron chi connectivity index (χ4n) is 2.73. The summed E-state index contributed by atoms with van der Waals surface area (Å²) < 4.78 is 15.7. The van der Waals surface area contributed by atoms with Crippen molar-refractivity contribution in [3.05, 3.63) is 22.7 Å².